The van der Waals surface area contributed by atoms with E-state index in [1.54, 1.807) is 13.0 Å². The predicted molar refractivity (Wildman–Crippen MR) is 96.0 cm³/mol. The lowest BCUT2D eigenvalue weighted by molar-refractivity contribution is -0.138. The summed E-state index contributed by atoms with van der Waals surface area (Å²) >= 11 is 6.01. The van der Waals surface area contributed by atoms with E-state index in [9.17, 15) is 18.0 Å². The number of alkyl halides is 3. The third-order valence-electron chi connectivity index (χ3n) is 3.49. The van der Waals surface area contributed by atoms with Gasteiger partial charge in [0.1, 0.15) is 0 Å². The summed E-state index contributed by atoms with van der Waals surface area (Å²) in [6.07, 6.45) is -1.81. The Kier molecular flexibility index (Phi) is 7.47. The molecular formula is C18H18ClF3N2O4. The van der Waals surface area contributed by atoms with E-state index in [2.05, 4.69) is 5.10 Å². The van der Waals surface area contributed by atoms with Gasteiger partial charge in [0.15, 0.2) is 6.79 Å². The van der Waals surface area contributed by atoms with Crippen LogP contribution >= 0.6 is 11.6 Å². The van der Waals surface area contributed by atoms with E-state index in [0.717, 1.165) is 12.1 Å². The molecule has 1 heterocycles. The molecule has 0 N–H and O–H groups in total. The Morgan fingerprint density at radius 3 is 2.68 bits per heavy atom. The van der Waals surface area contributed by atoms with Gasteiger partial charge < -0.3 is 14.2 Å². The molecule has 0 spiro atoms. The fourth-order valence-electron chi connectivity index (χ4n) is 2.21. The number of ether oxygens (including phenoxy) is 3. The molecule has 0 atom stereocenters. The highest BCUT2D eigenvalue weighted by atomic mass is 35.5. The maximum atomic E-state index is 12.8. The lowest BCUT2D eigenvalue weighted by Gasteiger charge is -2.11. The van der Waals surface area contributed by atoms with Crippen LogP contribution in [0.2, 0.25) is 5.02 Å². The van der Waals surface area contributed by atoms with Crippen LogP contribution in [0.4, 0.5) is 13.2 Å². The maximum Gasteiger partial charge on any atom is 0.416 e. The van der Waals surface area contributed by atoms with Crippen molar-refractivity contribution >= 4 is 23.6 Å². The van der Waals surface area contributed by atoms with Gasteiger partial charge in [-0.15, -0.1) is 5.10 Å². The second-order valence-corrected chi connectivity index (χ2v) is 5.91. The minimum Gasteiger partial charge on any atom is -0.463 e. The number of methoxy groups -OCH3 is 1. The minimum atomic E-state index is -4.48. The van der Waals surface area contributed by atoms with Crippen LogP contribution in [0.25, 0.3) is 6.08 Å². The highest BCUT2D eigenvalue weighted by Crippen LogP contribution is 2.32. The second kappa shape index (κ2) is 9.61. The van der Waals surface area contributed by atoms with E-state index < -0.39 is 17.7 Å². The summed E-state index contributed by atoms with van der Waals surface area (Å²) < 4.78 is 54.7. The molecule has 0 saturated carbocycles. The number of benzene rings is 1. The van der Waals surface area contributed by atoms with Crippen molar-refractivity contribution in [1.29, 1.82) is 0 Å². The van der Waals surface area contributed by atoms with E-state index >= 15 is 0 Å². The first kappa shape index (κ1) is 21.8. The van der Waals surface area contributed by atoms with E-state index in [1.165, 1.54) is 30.0 Å². The molecule has 2 rings (SSSR count). The minimum absolute atomic E-state index is 0.0426. The summed E-state index contributed by atoms with van der Waals surface area (Å²) in [6.45, 7) is 1.93. The smallest absolute Gasteiger partial charge is 0.416 e. The van der Waals surface area contributed by atoms with E-state index in [4.69, 9.17) is 25.8 Å². The van der Waals surface area contributed by atoms with Crippen LogP contribution in [0, 0.1) is 0 Å². The zero-order chi connectivity index (χ0) is 20.7. The molecule has 0 radical (unpaired) electrons. The van der Waals surface area contributed by atoms with Crippen molar-refractivity contribution in [2.75, 3.05) is 20.5 Å². The Bertz CT molecular complexity index is 850. The highest BCUT2D eigenvalue weighted by molar-refractivity contribution is 6.31. The molecule has 1 aromatic carbocycles. The first-order chi connectivity index (χ1) is 13.2. The maximum absolute atomic E-state index is 12.8. The molecule has 2 aromatic rings. The molecule has 0 amide bonds. The second-order valence-electron chi connectivity index (χ2n) is 5.51. The lowest BCUT2D eigenvalue weighted by atomic mass is 10.1. The fraction of sp³-hybridized carbons (Fsp3) is 0.333. The summed E-state index contributed by atoms with van der Waals surface area (Å²) in [5, 5.41) is 4.16. The van der Waals surface area contributed by atoms with Crippen LogP contribution in [0.5, 0.6) is 5.88 Å². The Balaban J connectivity index is 2.30. The molecule has 0 fully saturated rings. The number of carbonyl (C=O) groups is 1. The first-order valence-electron chi connectivity index (χ1n) is 8.14. The molecular weight excluding hydrogens is 401 g/mol. The monoisotopic (exact) mass is 418 g/mol. The number of esters is 1. The molecule has 0 aliphatic rings. The van der Waals surface area contributed by atoms with E-state index in [0.29, 0.717) is 11.3 Å². The quantitative estimate of drug-likeness (QED) is 0.366. The molecule has 10 heteroatoms. The van der Waals surface area contributed by atoms with Crippen LogP contribution in [-0.4, -0.2) is 36.3 Å². The van der Waals surface area contributed by atoms with Gasteiger partial charge in [0.25, 0.3) is 0 Å². The zero-order valence-corrected chi connectivity index (χ0v) is 15.9. The average Bonchev–Trinajstić information content (AvgIpc) is 3.01. The summed E-state index contributed by atoms with van der Waals surface area (Å²) in [4.78, 5) is 11.5. The van der Waals surface area contributed by atoms with Crippen molar-refractivity contribution in [2.45, 2.75) is 19.6 Å². The molecule has 152 valence electrons. The Hall–Kier alpha value is -2.52. The predicted octanol–water partition coefficient (Wildman–Crippen LogP) is 4.16. The van der Waals surface area contributed by atoms with Crippen LogP contribution in [0.3, 0.4) is 0 Å². The molecule has 0 aliphatic heterocycles. The van der Waals surface area contributed by atoms with Crippen molar-refractivity contribution in [3.63, 3.8) is 0 Å². The Morgan fingerprint density at radius 2 is 2.07 bits per heavy atom. The van der Waals surface area contributed by atoms with E-state index in [1.807, 2.05) is 0 Å². The topological polar surface area (TPSA) is 62.6 Å². The van der Waals surface area contributed by atoms with Gasteiger partial charge in [-0.05, 0) is 30.7 Å². The highest BCUT2D eigenvalue weighted by Gasteiger charge is 2.30. The Labute approximate surface area is 164 Å². The lowest BCUT2D eigenvalue weighted by Crippen LogP contribution is -2.08. The van der Waals surface area contributed by atoms with Crippen molar-refractivity contribution in [3.8, 4) is 5.88 Å². The molecule has 0 unspecified atom stereocenters. The number of hydrogen-bond donors (Lipinski definition) is 0. The van der Waals surface area contributed by atoms with Crippen LogP contribution in [0.1, 0.15) is 23.7 Å². The summed E-state index contributed by atoms with van der Waals surface area (Å²) in [5.41, 5.74) is 0.0465. The molecule has 0 aliphatic carbocycles. The molecule has 1 aromatic heterocycles. The summed E-state index contributed by atoms with van der Waals surface area (Å²) in [6, 6.07) is 4.63. The standard InChI is InChI=1S/C18H18ClF3N2O4/c1-3-27-17(25)7-6-14-9-16(28-11-26-2)23-24(14)10-12-4-5-13(8-15(12)19)18(20,21)22/h4-9H,3,10-11H2,1-2H3. The number of aromatic nitrogens is 2. The van der Waals surface area contributed by atoms with Gasteiger partial charge in [0, 0.05) is 24.3 Å². The number of hydrogen-bond acceptors (Lipinski definition) is 5. The van der Waals surface area contributed by atoms with Gasteiger partial charge in [0.05, 0.1) is 24.4 Å². The molecule has 0 saturated heterocycles. The molecule has 0 bridgehead atoms. The fourth-order valence-corrected chi connectivity index (χ4v) is 2.45. The van der Waals surface area contributed by atoms with Gasteiger partial charge in [0.2, 0.25) is 5.88 Å². The van der Waals surface area contributed by atoms with Gasteiger partial charge in [-0.3, -0.25) is 4.68 Å². The molecule has 6 nitrogen and oxygen atoms in total. The van der Waals surface area contributed by atoms with Crippen LogP contribution in [0.15, 0.2) is 30.3 Å². The number of nitrogens with zero attached hydrogens (tertiary/aromatic N) is 2. The van der Waals surface area contributed by atoms with Crippen LogP contribution in [-0.2, 0) is 27.0 Å². The van der Waals surface area contributed by atoms with Crippen molar-refractivity contribution < 1.29 is 32.2 Å². The molecule has 28 heavy (non-hydrogen) atoms. The number of rotatable bonds is 8. The van der Waals surface area contributed by atoms with Gasteiger partial charge >= 0.3 is 12.1 Å². The van der Waals surface area contributed by atoms with Crippen molar-refractivity contribution in [2.24, 2.45) is 0 Å². The zero-order valence-electron chi connectivity index (χ0n) is 15.1. The third kappa shape index (κ3) is 6.00. The third-order valence-corrected chi connectivity index (χ3v) is 3.84. The van der Waals surface area contributed by atoms with Crippen molar-refractivity contribution in [1.82, 2.24) is 9.78 Å². The number of halogens is 4. The average molecular weight is 419 g/mol. The van der Waals surface area contributed by atoms with Crippen molar-refractivity contribution in [3.05, 3.63) is 52.2 Å². The summed E-state index contributed by atoms with van der Waals surface area (Å²) in [7, 11) is 1.44. The van der Waals surface area contributed by atoms with E-state index in [-0.39, 0.29) is 30.8 Å². The van der Waals surface area contributed by atoms with Gasteiger partial charge in [-0.1, -0.05) is 17.7 Å². The summed E-state index contributed by atoms with van der Waals surface area (Å²) in [5.74, 6) is -0.324. The van der Waals surface area contributed by atoms with Crippen LogP contribution < -0.4 is 4.74 Å². The largest absolute Gasteiger partial charge is 0.463 e. The SMILES string of the molecule is CCOC(=O)C=Cc1cc(OCOC)nn1Cc1ccc(C(F)(F)F)cc1Cl. The van der Waals surface area contributed by atoms with Gasteiger partial charge in [-0.25, -0.2) is 4.79 Å². The first-order valence-corrected chi connectivity index (χ1v) is 8.52. The number of carbonyl (C=O) groups excluding carboxylic acids is 1. The van der Waals surface area contributed by atoms with Gasteiger partial charge in [-0.2, -0.15) is 13.2 Å². The normalized spacial score (nSPS) is 11.8. The Morgan fingerprint density at radius 1 is 1.32 bits per heavy atom.